The zero-order valence-electron chi connectivity index (χ0n) is 20.5. The number of benzene rings is 2. The molecular weight excluding hydrogens is 514 g/mol. The fraction of sp³-hybridized carbons (Fsp3) is 0.269. The number of nitrogens with zero attached hydrogens (tertiary/aromatic N) is 3. The van der Waals surface area contributed by atoms with Crippen LogP contribution in [0.15, 0.2) is 66.3 Å². The van der Waals surface area contributed by atoms with Crippen molar-refractivity contribution in [2.45, 2.75) is 38.0 Å². The average molecular weight is 542 g/mol. The van der Waals surface area contributed by atoms with Gasteiger partial charge in [0.25, 0.3) is 5.91 Å². The first-order chi connectivity index (χ1) is 17.7. The number of nitrogens with one attached hydrogen (secondary N) is 2. The molecule has 0 fully saturated rings. The molecule has 194 valence electrons. The Labute approximate surface area is 224 Å². The minimum atomic E-state index is -1.04. The molecule has 0 radical (unpaired) electrons. The zero-order chi connectivity index (χ0) is 26.9. The van der Waals surface area contributed by atoms with Gasteiger partial charge in [-0.15, -0.1) is 16.8 Å². The van der Waals surface area contributed by atoms with Crippen molar-refractivity contribution in [1.82, 2.24) is 20.1 Å². The lowest BCUT2D eigenvalue weighted by molar-refractivity contribution is -0.113. The standard InChI is InChI=1S/C26H28ClN5O4S/c1-4-13-32-23(21(14-16(2)3)29-24(34)19-7-5-6-8-20(19)27)30-31-26(32)37-15-22(33)28-18-11-9-17(10-12-18)25(35)36/h4-12,16,21H,1,13-15H2,2-3H3,(H,28,33)(H,29,34)(H,35,36)/t21-/m1/s1. The SMILES string of the molecule is C=CCn1c(SCC(=O)Nc2ccc(C(=O)O)cc2)nnc1[C@@H](CC(C)C)NC(=O)c1ccccc1Cl. The molecule has 3 N–H and O–H groups in total. The average Bonchev–Trinajstić information content (AvgIpc) is 3.25. The molecule has 1 aromatic heterocycles. The third-order valence-electron chi connectivity index (χ3n) is 5.25. The monoisotopic (exact) mass is 541 g/mol. The van der Waals surface area contributed by atoms with E-state index in [4.69, 9.17) is 16.7 Å². The fourth-order valence-corrected chi connectivity index (χ4v) is 4.55. The van der Waals surface area contributed by atoms with E-state index in [0.717, 1.165) is 0 Å². The molecule has 0 saturated carbocycles. The van der Waals surface area contributed by atoms with Gasteiger partial charge in [0.15, 0.2) is 11.0 Å². The maximum atomic E-state index is 13.0. The number of carboxylic acid groups (broad SMARTS) is 1. The molecule has 2 amide bonds. The van der Waals surface area contributed by atoms with E-state index in [1.165, 1.54) is 36.0 Å². The molecule has 0 saturated heterocycles. The fourth-order valence-electron chi connectivity index (χ4n) is 3.57. The van der Waals surface area contributed by atoms with Gasteiger partial charge in [-0.1, -0.05) is 55.4 Å². The summed E-state index contributed by atoms with van der Waals surface area (Å²) in [5.41, 5.74) is 0.994. The van der Waals surface area contributed by atoms with Crippen LogP contribution in [0.5, 0.6) is 0 Å². The van der Waals surface area contributed by atoms with Gasteiger partial charge in [-0.2, -0.15) is 0 Å². The number of carbonyl (C=O) groups is 3. The summed E-state index contributed by atoms with van der Waals surface area (Å²) >= 11 is 7.41. The number of halogens is 1. The van der Waals surface area contributed by atoms with Crippen LogP contribution in [-0.2, 0) is 11.3 Å². The number of amides is 2. The summed E-state index contributed by atoms with van der Waals surface area (Å²) in [6.45, 7) is 8.30. The molecule has 0 aliphatic carbocycles. The van der Waals surface area contributed by atoms with E-state index in [0.29, 0.717) is 40.2 Å². The molecule has 0 unspecified atom stereocenters. The van der Waals surface area contributed by atoms with Crippen molar-refractivity contribution in [2.75, 3.05) is 11.1 Å². The van der Waals surface area contributed by atoms with Gasteiger partial charge >= 0.3 is 5.97 Å². The second-order valence-electron chi connectivity index (χ2n) is 8.59. The molecule has 1 heterocycles. The first-order valence-corrected chi connectivity index (χ1v) is 12.9. The molecule has 2 aromatic carbocycles. The highest BCUT2D eigenvalue weighted by molar-refractivity contribution is 7.99. The highest BCUT2D eigenvalue weighted by Crippen LogP contribution is 2.26. The summed E-state index contributed by atoms with van der Waals surface area (Å²) < 4.78 is 1.83. The maximum absolute atomic E-state index is 13.0. The van der Waals surface area contributed by atoms with Crippen LogP contribution >= 0.6 is 23.4 Å². The molecule has 0 aliphatic rings. The Morgan fingerprint density at radius 2 is 1.84 bits per heavy atom. The zero-order valence-corrected chi connectivity index (χ0v) is 22.1. The van der Waals surface area contributed by atoms with Crippen LogP contribution < -0.4 is 10.6 Å². The molecule has 9 nitrogen and oxygen atoms in total. The topological polar surface area (TPSA) is 126 Å². The van der Waals surface area contributed by atoms with Gasteiger partial charge in [-0.05, 0) is 48.7 Å². The first-order valence-electron chi connectivity index (χ1n) is 11.5. The van der Waals surface area contributed by atoms with E-state index >= 15 is 0 Å². The highest BCUT2D eigenvalue weighted by Gasteiger charge is 2.25. The quantitative estimate of drug-likeness (QED) is 0.216. The lowest BCUT2D eigenvalue weighted by Crippen LogP contribution is -2.32. The summed E-state index contributed by atoms with van der Waals surface area (Å²) in [4.78, 5) is 36.5. The molecule has 0 aliphatic heterocycles. The molecule has 0 bridgehead atoms. The Hall–Kier alpha value is -3.63. The number of allylic oxidation sites excluding steroid dienone is 1. The molecule has 1 atom stereocenters. The molecule has 0 spiro atoms. The normalized spacial score (nSPS) is 11.7. The summed E-state index contributed by atoms with van der Waals surface area (Å²) in [7, 11) is 0. The van der Waals surface area contributed by atoms with Crippen molar-refractivity contribution < 1.29 is 19.5 Å². The van der Waals surface area contributed by atoms with E-state index < -0.39 is 12.0 Å². The maximum Gasteiger partial charge on any atom is 0.335 e. The van der Waals surface area contributed by atoms with Crippen molar-refractivity contribution in [3.05, 3.63) is 83.2 Å². The number of thioether (sulfide) groups is 1. The first kappa shape index (κ1) is 27.9. The van der Waals surface area contributed by atoms with Crippen LogP contribution in [0.25, 0.3) is 0 Å². The third-order valence-corrected chi connectivity index (χ3v) is 6.54. The predicted octanol–water partition coefficient (Wildman–Crippen LogP) is 5.06. The van der Waals surface area contributed by atoms with E-state index in [2.05, 4.69) is 27.4 Å². The van der Waals surface area contributed by atoms with Crippen LogP contribution in [0, 0.1) is 5.92 Å². The lowest BCUT2D eigenvalue weighted by atomic mass is 10.0. The van der Waals surface area contributed by atoms with Crippen LogP contribution in [0.3, 0.4) is 0 Å². The van der Waals surface area contributed by atoms with Crippen molar-refractivity contribution in [2.24, 2.45) is 5.92 Å². The number of hydrogen-bond acceptors (Lipinski definition) is 6. The van der Waals surface area contributed by atoms with Crippen molar-refractivity contribution in [3.8, 4) is 0 Å². The Morgan fingerprint density at radius 1 is 1.14 bits per heavy atom. The second kappa shape index (κ2) is 13.1. The Balaban J connectivity index is 1.75. The lowest BCUT2D eigenvalue weighted by Gasteiger charge is -2.21. The summed E-state index contributed by atoms with van der Waals surface area (Å²) in [5.74, 6) is -0.775. The van der Waals surface area contributed by atoms with Gasteiger partial charge in [0.2, 0.25) is 5.91 Å². The Bertz CT molecular complexity index is 1280. The predicted molar refractivity (Wildman–Crippen MR) is 144 cm³/mol. The van der Waals surface area contributed by atoms with Crippen LogP contribution in [-0.4, -0.2) is 43.4 Å². The van der Waals surface area contributed by atoms with Gasteiger partial charge in [0.1, 0.15) is 0 Å². The number of anilines is 1. The number of hydrogen-bond donors (Lipinski definition) is 3. The van der Waals surface area contributed by atoms with Gasteiger partial charge in [0, 0.05) is 12.2 Å². The van der Waals surface area contributed by atoms with Gasteiger partial charge in [-0.25, -0.2) is 4.79 Å². The molecule has 3 aromatic rings. The summed E-state index contributed by atoms with van der Waals surface area (Å²) in [6.07, 6.45) is 2.31. The van der Waals surface area contributed by atoms with Crippen LogP contribution in [0.1, 0.15) is 52.9 Å². The van der Waals surface area contributed by atoms with Crippen LogP contribution in [0.4, 0.5) is 5.69 Å². The Kier molecular flexibility index (Phi) is 9.87. The minimum Gasteiger partial charge on any atom is -0.478 e. The number of carboxylic acids is 1. The van der Waals surface area contributed by atoms with E-state index in [9.17, 15) is 14.4 Å². The number of rotatable bonds is 12. The highest BCUT2D eigenvalue weighted by atomic mass is 35.5. The number of carbonyl (C=O) groups excluding carboxylic acids is 2. The Morgan fingerprint density at radius 3 is 2.46 bits per heavy atom. The summed E-state index contributed by atoms with van der Waals surface area (Å²) in [5, 5.41) is 24.3. The van der Waals surface area contributed by atoms with Crippen LogP contribution in [0.2, 0.25) is 5.02 Å². The van der Waals surface area contributed by atoms with Crippen molar-refractivity contribution in [3.63, 3.8) is 0 Å². The van der Waals surface area contributed by atoms with Crippen molar-refractivity contribution in [1.29, 1.82) is 0 Å². The summed E-state index contributed by atoms with van der Waals surface area (Å²) in [6, 6.07) is 12.3. The van der Waals surface area contributed by atoms with Gasteiger partial charge < -0.3 is 20.3 Å². The molecule has 11 heteroatoms. The van der Waals surface area contributed by atoms with E-state index in [1.54, 1.807) is 30.3 Å². The number of aromatic carboxylic acids is 1. The second-order valence-corrected chi connectivity index (χ2v) is 9.94. The van der Waals surface area contributed by atoms with E-state index in [-0.39, 0.29) is 29.0 Å². The molecule has 3 rings (SSSR count). The van der Waals surface area contributed by atoms with E-state index in [1.807, 2.05) is 18.4 Å². The largest absolute Gasteiger partial charge is 0.478 e. The van der Waals surface area contributed by atoms with Gasteiger partial charge in [-0.3, -0.25) is 9.59 Å². The smallest absolute Gasteiger partial charge is 0.335 e. The molecule has 37 heavy (non-hydrogen) atoms. The number of aromatic nitrogens is 3. The van der Waals surface area contributed by atoms with Gasteiger partial charge in [0.05, 0.1) is 27.9 Å². The molecular formula is C26H28ClN5O4S. The third kappa shape index (κ3) is 7.68. The minimum absolute atomic E-state index is 0.0524. The van der Waals surface area contributed by atoms with Crippen molar-refractivity contribution >= 4 is 46.8 Å².